The van der Waals surface area contributed by atoms with Gasteiger partial charge in [-0.25, -0.2) is 0 Å². The van der Waals surface area contributed by atoms with Gasteiger partial charge in [0.15, 0.2) is 11.5 Å². The first-order chi connectivity index (χ1) is 16.7. The van der Waals surface area contributed by atoms with Crippen LogP contribution in [-0.4, -0.2) is 75.4 Å². The van der Waals surface area contributed by atoms with Gasteiger partial charge in [0.2, 0.25) is 11.7 Å². The minimum Gasteiger partial charge on any atom is -0.486 e. The summed E-state index contributed by atoms with van der Waals surface area (Å²) in [6.45, 7) is 4.27. The summed E-state index contributed by atoms with van der Waals surface area (Å²) in [6.07, 6.45) is 1.59. The normalized spacial score (nSPS) is 16.1. The molecule has 1 N–H and O–H groups in total. The van der Waals surface area contributed by atoms with Crippen LogP contribution in [0.5, 0.6) is 11.5 Å². The lowest BCUT2D eigenvalue weighted by Gasteiger charge is -2.33. The Hall–Kier alpha value is -3.70. The zero-order valence-electron chi connectivity index (χ0n) is 18.3. The van der Waals surface area contributed by atoms with Crippen LogP contribution in [0, 0.1) is 0 Å². The summed E-state index contributed by atoms with van der Waals surface area (Å²) >= 11 is 1.58. The molecule has 174 valence electrons. The zero-order chi connectivity index (χ0) is 22.9. The van der Waals surface area contributed by atoms with Gasteiger partial charge in [0.25, 0.3) is 5.91 Å². The van der Waals surface area contributed by atoms with Crippen LogP contribution in [0.25, 0.3) is 22.0 Å². The summed E-state index contributed by atoms with van der Waals surface area (Å²) in [5, 5.41) is 13.2. The fourth-order valence-electron chi connectivity index (χ4n) is 4.16. The first-order valence-corrected chi connectivity index (χ1v) is 11.9. The Kier molecular flexibility index (Phi) is 5.47. The van der Waals surface area contributed by atoms with Crippen molar-refractivity contribution >= 4 is 17.2 Å². The molecule has 1 fully saturated rings. The predicted molar refractivity (Wildman–Crippen MR) is 124 cm³/mol. The lowest BCUT2D eigenvalue weighted by Crippen LogP contribution is -2.48. The molecule has 11 heteroatoms. The molecule has 0 atom stereocenters. The lowest BCUT2D eigenvalue weighted by molar-refractivity contribution is 0.0616. The predicted octanol–water partition coefficient (Wildman–Crippen LogP) is 2.92. The maximum absolute atomic E-state index is 13.3. The van der Waals surface area contributed by atoms with Crippen molar-refractivity contribution in [3.05, 3.63) is 53.4 Å². The van der Waals surface area contributed by atoms with Gasteiger partial charge in [-0.2, -0.15) is 10.1 Å². The van der Waals surface area contributed by atoms with Crippen molar-refractivity contribution in [2.75, 3.05) is 39.4 Å². The van der Waals surface area contributed by atoms with Gasteiger partial charge in [-0.05, 0) is 29.6 Å². The number of nitrogens with one attached hydrogen (secondary N) is 1. The van der Waals surface area contributed by atoms with E-state index in [-0.39, 0.29) is 5.91 Å². The fraction of sp³-hybridized carbons (Fsp3) is 0.304. The Balaban J connectivity index is 1.10. The summed E-state index contributed by atoms with van der Waals surface area (Å²) in [4.78, 5) is 22.8. The summed E-state index contributed by atoms with van der Waals surface area (Å²) < 4.78 is 16.7. The summed E-state index contributed by atoms with van der Waals surface area (Å²) in [6, 6.07) is 9.58. The van der Waals surface area contributed by atoms with Crippen LogP contribution < -0.4 is 9.47 Å². The molecule has 2 aliphatic rings. The highest BCUT2D eigenvalue weighted by atomic mass is 32.1. The Labute approximate surface area is 199 Å². The van der Waals surface area contributed by atoms with E-state index in [2.05, 4.69) is 25.2 Å². The van der Waals surface area contributed by atoms with E-state index in [1.807, 2.05) is 40.6 Å². The van der Waals surface area contributed by atoms with Crippen molar-refractivity contribution in [3.8, 4) is 33.5 Å². The number of benzene rings is 1. The molecule has 4 aromatic rings. The maximum Gasteiger partial charge on any atom is 0.257 e. The van der Waals surface area contributed by atoms with Crippen LogP contribution in [0.15, 0.2) is 46.4 Å². The lowest BCUT2D eigenvalue weighted by atomic mass is 10.1. The number of hydrogen-bond acceptors (Lipinski definition) is 9. The van der Waals surface area contributed by atoms with Gasteiger partial charge in [-0.15, -0.1) is 11.3 Å². The van der Waals surface area contributed by atoms with Crippen molar-refractivity contribution in [2.24, 2.45) is 0 Å². The summed E-state index contributed by atoms with van der Waals surface area (Å²) in [7, 11) is 0. The van der Waals surface area contributed by atoms with E-state index in [0.29, 0.717) is 67.3 Å². The van der Waals surface area contributed by atoms with Crippen LogP contribution in [0.2, 0.25) is 0 Å². The number of hydrogen-bond donors (Lipinski definition) is 1. The molecule has 10 nitrogen and oxygen atoms in total. The molecule has 0 bridgehead atoms. The number of piperazine rings is 1. The topological polar surface area (TPSA) is 110 Å². The van der Waals surface area contributed by atoms with Gasteiger partial charge in [0.05, 0.1) is 28.9 Å². The Morgan fingerprint density at radius 1 is 1.09 bits per heavy atom. The van der Waals surface area contributed by atoms with Gasteiger partial charge >= 0.3 is 0 Å². The molecule has 0 aliphatic carbocycles. The summed E-state index contributed by atoms with van der Waals surface area (Å²) in [5.41, 5.74) is 2.06. The number of rotatable bonds is 5. The monoisotopic (exact) mass is 478 g/mol. The standard InChI is InChI=1S/C23H22N6O4S/c30-23(16-13-24-26-21(16)15-3-4-17-18(12-15)32-10-9-31-17)29-7-5-28(6-8-29)14-20-25-22(27-33-20)19-2-1-11-34-19/h1-4,11-13H,5-10,14H2,(H,24,26). The number of nitrogens with zero attached hydrogens (tertiary/aromatic N) is 5. The fourth-order valence-corrected chi connectivity index (χ4v) is 4.81. The van der Waals surface area contributed by atoms with Crippen molar-refractivity contribution in [3.63, 3.8) is 0 Å². The smallest absolute Gasteiger partial charge is 0.257 e. The van der Waals surface area contributed by atoms with Crippen LogP contribution in [0.3, 0.4) is 0 Å². The van der Waals surface area contributed by atoms with E-state index in [4.69, 9.17) is 14.0 Å². The average molecular weight is 479 g/mol. The largest absolute Gasteiger partial charge is 0.486 e. The van der Waals surface area contributed by atoms with Gasteiger partial charge < -0.3 is 18.9 Å². The number of aromatic nitrogens is 4. The van der Waals surface area contributed by atoms with E-state index in [1.54, 1.807) is 17.5 Å². The molecule has 6 rings (SSSR count). The highest BCUT2D eigenvalue weighted by Crippen LogP contribution is 2.35. The third-order valence-electron chi connectivity index (χ3n) is 5.93. The molecule has 0 saturated carbocycles. The van der Waals surface area contributed by atoms with Crippen molar-refractivity contribution in [2.45, 2.75) is 6.54 Å². The Bertz CT molecular complexity index is 1290. The van der Waals surface area contributed by atoms with Crippen molar-refractivity contribution in [1.29, 1.82) is 0 Å². The number of carbonyl (C=O) groups excluding carboxylic acids is 1. The molecule has 1 saturated heterocycles. The first kappa shape index (κ1) is 20.9. The molecule has 34 heavy (non-hydrogen) atoms. The van der Waals surface area contributed by atoms with Crippen LogP contribution >= 0.6 is 11.3 Å². The minimum atomic E-state index is -0.0453. The van der Waals surface area contributed by atoms with Gasteiger partial charge in [-0.3, -0.25) is 14.8 Å². The molecule has 2 aliphatic heterocycles. The molecule has 3 aromatic heterocycles. The molecule has 1 amide bonds. The second-order valence-corrected chi connectivity index (χ2v) is 9.02. The molecular formula is C23H22N6O4S. The highest BCUT2D eigenvalue weighted by molar-refractivity contribution is 7.13. The molecule has 1 aromatic carbocycles. The second kappa shape index (κ2) is 8.92. The number of H-pyrrole nitrogens is 1. The van der Waals surface area contributed by atoms with E-state index in [9.17, 15) is 4.79 Å². The number of aromatic amines is 1. The maximum atomic E-state index is 13.3. The first-order valence-electron chi connectivity index (χ1n) is 11.1. The third-order valence-corrected chi connectivity index (χ3v) is 6.79. The van der Waals surface area contributed by atoms with Gasteiger partial charge in [-0.1, -0.05) is 11.2 Å². The average Bonchev–Trinajstić information content (AvgIpc) is 3.66. The SMILES string of the molecule is O=C(c1cn[nH]c1-c1ccc2c(c1)OCCO2)N1CCN(Cc2nc(-c3cccs3)no2)CC1. The quantitative estimate of drug-likeness (QED) is 0.466. The van der Waals surface area contributed by atoms with E-state index >= 15 is 0 Å². The number of fused-ring (bicyclic) bond motifs is 1. The van der Waals surface area contributed by atoms with Crippen LogP contribution in [-0.2, 0) is 6.54 Å². The van der Waals surface area contributed by atoms with Gasteiger partial charge in [0, 0.05) is 31.7 Å². The number of amides is 1. The third kappa shape index (κ3) is 4.03. The van der Waals surface area contributed by atoms with Gasteiger partial charge in [0.1, 0.15) is 13.2 Å². The van der Waals surface area contributed by atoms with Crippen LogP contribution in [0.1, 0.15) is 16.2 Å². The number of carbonyl (C=O) groups is 1. The number of thiophene rings is 1. The molecule has 0 spiro atoms. The Morgan fingerprint density at radius 3 is 2.76 bits per heavy atom. The van der Waals surface area contributed by atoms with E-state index in [1.165, 1.54) is 0 Å². The zero-order valence-corrected chi connectivity index (χ0v) is 19.1. The Morgan fingerprint density at radius 2 is 1.94 bits per heavy atom. The van der Waals surface area contributed by atoms with Crippen LogP contribution in [0.4, 0.5) is 0 Å². The molecule has 0 unspecified atom stereocenters. The molecular weight excluding hydrogens is 456 g/mol. The van der Waals surface area contributed by atoms with E-state index < -0.39 is 0 Å². The second-order valence-electron chi connectivity index (χ2n) is 8.07. The van der Waals surface area contributed by atoms with Crippen molar-refractivity contribution in [1.82, 2.24) is 30.1 Å². The molecule has 0 radical (unpaired) electrons. The molecule has 5 heterocycles. The van der Waals surface area contributed by atoms with E-state index in [0.717, 1.165) is 23.5 Å². The minimum absolute atomic E-state index is 0.0453. The summed E-state index contributed by atoms with van der Waals surface area (Å²) in [5.74, 6) is 2.54. The highest BCUT2D eigenvalue weighted by Gasteiger charge is 2.27. The van der Waals surface area contributed by atoms with Crippen molar-refractivity contribution < 1.29 is 18.8 Å². The number of ether oxygens (including phenoxy) is 2.